The standard InChI is InChI=1S/C39H25N3O2/c1-39-22-24-12-3-2-11-23(24)21-30(39)27-14-4-7-18-31(27)42(39)37-34(41-38-35(40-37)28-15-6-9-20-33(28)44-38)29-17-10-16-26-25-13-5-8-19-32(25)43-36(26)29/h2-21H,22H2,1H3. The van der Waals surface area contributed by atoms with Gasteiger partial charge in [0.2, 0.25) is 5.71 Å². The molecule has 4 heterocycles. The van der Waals surface area contributed by atoms with Crippen LogP contribution in [0.4, 0.5) is 11.5 Å². The van der Waals surface area contributed by atoms with Gasteiger partial charge in [0.1, 0.15) is 28.0 Å². The molecule has 1 aliphatic heterocycles. The van der Waals surface area contributed by atoms with Crippen LogP contribution < -0.4 is 4.90 Å². The second kappa shape index (κ2) is 8.45. The second-order valence-electron chi connectivity index (χ2n) is 12.0. The lowest BCUT2D eigenvalue weighted by Gasteiger charge is -2.40. The van der Waals surface area contributed by atoms with Crippen molar-refractivity contribution in [3.05, 3.63) is 132 Å². The van der Waals surface area contributed by atoms with Crippen LogP contribution in [0.3, 0.4) is 0 Å². The highest BCUT2D eigenvalue weighted by atomic mass is 16.3. The minimum Gasteiger partial charge on any atom is -0.455 e. The molecular formula is C39H25N3O2. The largest absolute Gasteiger partial charge is 0.455 e. The maximum atomic E-state index is 6.55. The third-order valence-electron chi connectivity index (χ3n) is 9.46. The summed E-state index contributed by atoms with van der Waals surface area (Å²) in [6.07, 6.45) is 3.19. The predicted octanol–water partition coefficient (Wildman–Crippen LogP) is 9.95. The lowest BCUT2D eigenvalue weighted by Crippen LogP contribution is -2.44. The summed E-state index contributed by atoms with van der Waals surface area (Å²) >= 11 is 0. The Hall–Kier alpha value is -5.68. The molecule has 0 amide bonds. The Bertz CT molecular complexity index is 2520. The summed E-state index contributed by atoms with van der Waals surface area (Å²) in [5, 5.41) is 3.08. The number of rotatable bonds is 2. The molecule has 2 aliphatic rings. The van der Waals surface area contributed by atoms with Crippen LogP contribution in [-0.4, -0.2) is 15.5 Å². The molecule has 0 saturated heterocycles. The quantitative estimate of drug-likeness (QED) is 0.208. The highest BCUT2D eigenvalue weighted by molar-refractivity contribution is 6.12. The van der Waals surface area contributed by atoms with Crippen molar-refractivity contribution >= 4 is 67.3 Å². The first-order chi connectivity index (χ1) is 21.7. The summed E-state index contributed by atoms with van der Waals surface area (Å²) in [5.74, 6) is 0.787. The van der Waals surface area contributed by atoms with Gasteiger partial charge >= 0.3 is 0 Å². The number of nitrogens with zero attached hydrogens (tertiary/aromatic N) is 3. The van der Waals surface area contributed by atoms with Gasteiger partial charge in [0.05, 0.1) is 11.2 Å². The number of hydrogen-bond acceptors (Lipinski definition) is 5. The minimum atomic E-state index is -0.392. The Labute approximate surface area is 252 Å². The van der Waals surface area contributed by atoms with E-state index in [-0.39, 0.29) is 0 Å². The molecule has 208 valence electrons. The summed E-state index contributed by atoms with van der Waals surface area (Å²) in [5.41, 5.74) is 11.1. The van der Waals surface area contributed by atoms with E-state index in [1.54, 1.807) is 0 Å². The molecule has 0 saturated carbocycles. The zero-order valence-corrected chi connectivity index (χ0v) is 23.9. The van der Waals surface area contributed by atoms with Gasteiger partial charge < -0.3 is 13.7 Å². The number of anilines is 2. The molecule has 8 aromatic rings. The van der Waals surface area contributed by atoms with E-state index in [1.807, 2.05) is 36.4 Å². The van der Waals surface area contributed by atoms with Gasteiger partial charge in [0, 0.05) is 33.7 Å². The van der Waals surface area contributed by atoms with Crippen LogP contribution in [0.1, 0.15) is 23.6 Å². The Morgan fingerprint density at radius 2 is 1.36 bits per heavy atom. The number of para-hydroxylation sites is 4. The average molecular weight is 568 g/mol. The molecule has 5 nitrogen and oxygen atoms in total. The zero-order chi connectivity index (χ0) is 29.0. The molecule has 0 spiro atoms. The average Bonchev–Trinajstić information content (AvgIpc) is 3.70. The number of hydrogen-bond donors (Lipinski definition) is 0. The third kappa shape index (κ3) is 3.08. The second-order valence-corrected chi connectivity index (χ2v) is 12.0. The van der Waals surface area contributed by atoms with E-state index < -0.39 is 5.54 Å². The topological polar surface area (TPSA) is 55.3 Å². The number of aromatic nitrogens is 2. The third-order valence-corrected chi connectivity index (χ3v) is 9.46. The number of furan rings is 2. The highest BCUT2D eigenvalue weighted by Crippen LogP contribution is 2.56. The van der Waals surface area contributed by atoms with Crippen LogP contribution in [0.25, 0.3) is 67.0 Å². The lowest BCUT2D eigenvalue weighted by atomic mass is 9.77. The van der Waals surface area contributed by atoms with E-state index in [0.29, 0.717) is 5.71 Å². The van der Waals surface area contributed by atoms with Crippen molar-refractivity contribution in [2.75, 3.05) is 4.90 Å². The maximum absolute atomic E-state index is 6.55. The fourth-order valence-corrected chi connectivity index (χ4v) is 7.47. The van der Waals surface area contributed by atoms with E-state index in [9.17, 15) is 0 Å². The molecular weight excluding hydrogens is 542 g/mol. The van der Waals surface area contributed by atoms with Crippen molar-refractivity contribution in [1.82, 2.24) is 9.97 Å². The molecule has 5 heteroatoms. The van der Waals surface area contributed by atoms with Gasteiger partial charge in [-0.05, 0) is 60.0 Å². The van der Waals surface area contributed by atoms with E-state index >= 15 is 0 Å². The fraction of sp³-hybridized carbons (Fsp3) is 0.0769. The van der Waals surface area contributed by atoms with Gasteiger partial charge in [0.15, 0.2) is 5.82 Å². The van der Waals surface area contributed by atoms with Crippen LogP contribution in [0, 0.1) is 0 Å². The molecule has 0 radical (unpaired) electrons. The molecule has 1 unspecified atom stereocenters. The normalized spacial score (nSPS) is 17.3. The Kier molecular flexibility index (Phi) is 4.58. The summed E-state index contributed by atoms with van der Waals surface area (Å²) in [6, 6.07) is 39.9. The van der Waals surface area contributed by atoms with E-state index in [0.717, 1.165) is 67.6 Å². The molecule has 0 bridgehead atoms. The van der Waals surface area contributed by atoms with Crippen LogP contribution in [-0.2, 0) is 6.42 Å². The molecule has 10 rings (SSSR count). The van der Waals surface area contributed by atoms with Crippen LogP contribution in [0.5, 0.6) is 0 Å². The first kappa shape index (κ1) is 23.8. The summed E-state index contributed by atoms with van der Waals surface area (Å²) in [4.78, 5) is 13.2. The molecule has 44 heavy (non-hydrogen) atoms. The smallest absolute Gasteiger partial charge is 0.247 e. The SMILES string of the molecule is CC12Cc3ccccc3C=C1c1ccccc1N2c1nc2c(nc1-c1cccc3c1oc1ccccc13)oc1ccccc12. The molecule has 0 fully saturated rings. The van der Waals surface area contributed by atoms with Crippen LogP contribution >= 0.6 is 0 Å². The van der Waals surface area contributed by atoms with Crippen LogP contribution in [0.15, 0.2) is 124 Å². The monoisotopic (exact) mass is 567 g/mol. The van der Waals surface area contributed by atoms with Gasteiger partial charge in [-0.3, -0.25) is 0 Å². The van der Waals surface area contributed by atoms with Gasteiger partial charge in [-0.25, -0.2) is 9.97 Å². The summed E-state index contributed by atoms with van der Waals surface area (Å²) < 4.78 is 12.9. The van der Waals surface area contributed by atoms with Gasteiger partial charge in [-0.1, -0.05) is 84.9 Å². The van der Waals surface area contributed by atoms with Crippen LogP contribution in [0.2, 0.25) is 0 Å². The van der Waals surface area contributed by atoms with Crippen molar-refractivity contribution in [3.8, 4) is 11.3 Å². The maximum Gasteiger partial charge on any atom is 0.247 e. The Balaban J connectivity index is 1.32. The first-order valence-electron chi connectivity index (χ1n) is 15.0. The highest BCUT2D eigenvalue weighted by Gasteiger charge is 2.48. The van der Waals surface area contributed by atoms with Gasteiger partial charge in [0.25, 0.3) is 0 Å². The van der Waals surface area contributed by atoms with E-state index in [1.165, 1.54) is 22.3 Å². The molecule has 1 aliphatic carbocycles. The fourth-order valence-electron chi connectivity index (χ4n) is 7.47. The number of benzene rings is 5. The summed E-state index contributed by atoms with van der Waals surface area (Å²) in [6.45, 7) is 2.33. The lowest BCUT2D eigenvalue weighted by molar-refractivity contribution is 0.589. The Morgan fingerprint density at radius 1 is 0.659 bits per heavy atom. The molecule has 5 aromatic carbocycles. The first-order valence-corrected chi connectivity index (χ1v) is 15.0. The molecule has 0 N–H and O–H groups in total. The van der Waals surface area contributed by atoms with Crippen molar-refractivity contribution in [1.29, 1.82) is 0 Å². The van der Waals surface area contributed by atoms with Crippen molar-refractivity contribution in [3.63, 3.8) is 0 Å². The van der Waals surface area contributed by atoms with E-state index in [4.69, 9.17) is 18.8 Å². The Morgan fingerprint density at radius 3 is 2.27 bits per heavy atom. The summed E-state index contributed by atoms with van der Waals surface area (Å²) in [7, 11) is 0. The van der Waals surface area contributed by atoms with Crippen molar-refractivity contribution in [2.24, 2.45) is 0 Å². The van der Waals surface area contributed by atoms with Crippen molar-refractivity contribution < 1.29 is 8.83 Å². The van der Waals surface area contributed by atoms with E-state index in [2.05, 4.69) is 96.8 Å². The van der Waals surface area contributed by atoms with Gasteiger partial charge in [-0.15, -0.1) is 0 Å². The minimum absolute atomic E-state index is 0.392. The van der Waals surface area contributed by atoms with Gasteiger partial charge in [-0.2, -0.15) is 0 Å². The zero-order valence-electron chi connectivity index (χ0n) is 23.9. The van der Waals surface area contributed by atoms with Crippen molar-refractivity contribution in [2.45, 2.75) is 18.9 Å². The number of fused-ring (bicyclic) bond motifs is 10. The predicted molar refractivity (Wildman–Crippen MR) is 177 cm³/mol. The molecule has 3 aromatic heterocycles. The molecule has 1 atom stereocenters.